The van der Waals surface area contributed by atoms with Gasteiger partial charge in [0, 0.05) is 13.6 Å². The molecule has 0 radical (unpaired) electrons. The highest BCUT2D eigenvalue weighted by molar-refractivity contribution is 5.81. The van der Waals surface area contributed by atoms with E-state index in [9.17, 15) is 4.79 Å². The third kappa shape index (κ3) is 3.86. The van der Waals surface area contributed by atoms with Crippen LogP contribution in [0.25, 0.3) is 0 Å². The van der Waals surface area contributed by atoms with Gasteiger partial charge in [-0.15, -0.1) is 0 Å². The highest BCUT2D eigenvalue weighted by Crippen LogP contribution is 2.27. The van der Waals surface area contributed by atoms with Crippen molar-refractivity contribution in [1.82, 2.24) is 4.90 Å². The molecule has 0 aliphatic heterocycles. The second-order valence-corrected chi connectivity index (χ2v) is 4.40. The molecule has 0 bridgehead atoms. The zero-order valence-corrected chi connectivity index (χ0v) is 12.0. The average Bonchev–Trinajstić information content (AvgIpc) is 2.45. The molecule has 0 aromatic heterocycles. The molecule has 0 aliphatic carbocycles. The van der Waals surface area contributed by atoms with E-state index >= 15 is 0 Å². The van der Waals surface area contributed by atoms with Gasteiger partial charge in [0.2, 0.25) is 5.91 Å². The molecular formula is C14H22N2O3. The van der Waals surface area contributed by atoms with Crippen LogP contribution in [0.15, 0.2) is 18.2 Å². The Morgan fingerprint density at radius 1 is 1.32 bits per heavy atom. The summed E-state index contributed by atoms with van der Waals surface area (Å²) in [7, 11) is 4.92. The van der Waals surface area contributed by atoms with Gasteiger partial charge in [-0.3, -0.25) is 4.79 Å². The van der Waals surface area contributed by atoms with Crippen molar-refractivity contribution in [3.05, 3.63) is 23.8 Å². The van der Waals surface area contributed by atoms with Crippen LogP contribution in [-0.2, 0) is 11.3 Å². The number of hydrogen-bond donors (Lipinski definition) is 1. The second kappa shape index (κ2) is 6.99. The molecule has 5 nitrogen and oxygen atoms in total. The van der Waals surface area contributed by atoms with E-state index in [2.05, 4.69) is 0 Å². The molecule has 5 heteroatoms. The Kier molecular flexibility index (Phi) is 5.63. The van der Waals surface area contributed by atoms with Crippen molar-refractivity contribution in [3.8, 4) is 11.5 Å². The zero-order valence-electron chi connectivity index (χ0n) is 12.0. The maximum atomic E-state index is 11.9. The second-order valence-electron chi connectivity index (χ2n) is 4.40. The number of ether oxygens (including phenoxy) is 2. The van der Waals surface area contributed by atoms with Crippen molar-refractivity contribution >= 4 is 5.91 Å². The molecule has 2 N–H and O–H groups in total. The van der Waals surface area contributed by atoms with E-state index in [0.29, 0.717) is 24.5 Å². The molecule has 1 rings (SSSR count). The molecule has 1 amide bonds. The fourth-order valence-electron chi connectivity index (χ4n) is 1.79. The Morgan fingerprint density at radius 3 is 2.47 bits per heavy atom. The van der Waals surface area contributed by atoms with E-state index in [0.717, 1.165) is 5.56 Å². The van der Waals surface area contributed by atoms with Gasteiger partial charge in [-0.2, -0.15) is 0 Å². The molecule has 0 saturated carbocycles. The number of methoxy groups -OCH3 is 2. The molecule has 106 valence electrons. The summed E-state index contributed by atoms with van der Waals surface area (Å²) in [6, 6.07) is 5.15. The maximum Gasteiger partial charge on any atom is 0.239 e. The first-order chi connectivity index (χ1) is 9.03. The van der Waals surface area contributed by atoms with Crippen molar-refractivity contribution in [2.45, 2.75) is 25.9 Å². The fourth-order valence-corrected chi connectivity index (χ4v) is 1.79. The van der Waals surface area contributed by atoms with Crippen LogP contribution in [0.4, 0.5) is 0 Å². The van der Waals surface area contributed by atoms with Gasteiger partial charge in [0.05, 0.1) is 20.3 Å². The lowest BCUT2D eigenvalue weighted by molar-refractivity contribution is -0.131. The Morgan fingerprint density at radius 2 is 1.95 bits per heavy atom. The summed E-state index contributed by atoms with van der Waals surface area (Å²) in [4.78, 5) is 13.5. The molecule has 0 aliphatic rings. The Labute approximate surface area is 114 Å². The van der Waals surface area contributed by atoms with Crippen molar-refractivity contribution in [2.24, 2.45) is 5.73 Å². The summed E-state index contributed by atoms with van der Waals surface area (Å²) < 4.78 is 10.4. The van der Waals surface area contributed by atoms with Gasteiger partial charge in [0.1, 0.15) is 0 Å². The van der Waals surface area contributed by atoms with Gasteiger partial charge in [-0.05, 0) is 24.1 Å². The molecule has 1 aromatic carbocycles. The van der Waals surface area contributed by atoms with Crippen LogP contribution in [0.1, 0.15) is 18.9 Å². The summed E-state index contributed by atoms with van der Waals surface area (Å²) in [5.74, 6) is 1.27. The predicted molar refractivity (Wildman–Crippen MR) is 74.3 cm³/mol. The molecular weight excluding hydrogens is 244 g/mol. The number of carbonyl (C=O) groups excluding carboxylic acids is 1. The summed E-state index contributed by atoms with van der Waals surface area (Å²) in [6.45, 7) is 2.39. The third-order valence-electron chi connectivity index (χ3n) is 3.00. The van der Waals surface area contributed by atoms with Crippen molar-refractivity contribution < 1.29 is 14.3 Å². The Bertz CT molecular complexity index is 435. The average molecular weight is 266 g/mol. The van der Waals surface area contributed by atoms with Crippen LogP contribution in [0.5, 0.6) is 11.5 Å². The van der Waals surface area contributed by atoms with Gasteiger partial charge in [0.15, 0.2) is 11.5 Å². The molecule has 0 unspecified atom stereocenters. The monoisotopic (exact) mass is 266 g/mol. The molecule has 0 fully saturated rings. The summed E-state index contributed by atoms with van der Waals surface area (Å²) >= 11 is 0. The van der Waals surface area contributed by atoms with Crippen molar-refractivity contribution in [1.29, 1.82) is 0 Å². The Hall–Kier alpha value is -1.75. The van der Waals surface area contributed by atoms with E-state index in [1.807, 2.05) is 25.1 Å². The molecule has 19 heavy (non-hydrogen) atoms. The van der Waals surface area contributed by atoms with E-state index in [1.165, 1.54) is 0 Å². The van der Waals surface area contributed by atoms with Gasteiger partial charge < -0.3 is 20.1 Å². The van der Waals surface area contributed by atoms with Crippen LogP contribution >= 0.6 is 0 Å². The van der Waals surface area contributed by atoms with Crippen LogP contribution in [-0.4, -0.2) is 38.1 Å². The quantitative estimate of drug-likeness (QED) is 0.845. The fraction of sp³-hybridized carbons (Fsp3) is 0.500. The third-order valence-corrected chi connectivity index (χ3v) is 3.00. The first kappa shape index (κ1) is 15.3. The smallest absolute Gasteiger partial charge is 0.239 e. The van der Waals surface area contributed by atoms with Crippen molar-refractivity contribution in [3.63, 3.8) is 0 Å². The molecule has 1 atom stereocenters. The highest BCUT2D eigenvalue weighted by Gasteiger charge is 2.16. The standard InChI is InChI=1S/C14H22N2O3/c1-5-11(15)14(17)16(2)9-10-6-7-12(18-3)13(8-10)19-4/h6-8,11H,5,9,15H2,1-4H3/t11-/m0/s1. The summed E-state index contributed by atoms with van der Waals surface area (Å²) in [5.41, 5.74) is 6.71. The largest absolute Gasteiger partial charge is 0.493 e. The minimum atomic E-state index is -0.440. The number of rotatable bonds is 6. The summed E-state index contributed by atoms with van der Waals surface area (Å²) in [5, 5.41) is 0. The highest BCUT2D eigenvalue weighted by atomic mass is 16.5. The maximum absolute atomic E-state index is 11.9. The van der Waals surface area contributed by atoms with E-state index < -0.39 is 6.04 Å². The lowest BCUT2D eigenvalue weighted by atomic mass is 10.1. The number of carbonyl (C=O) groups is 1. The topological polar surface area (TPSA) is 64.8 Å². The first-order valence-electron chi connectivity index (χ1n) is 6.24. The van der Waals surface area contributed by atoms with Crippen LogP contribution in [0, 0.1) is 0 Å². The lowest BCUT2D eigenvalue weighted by Gasteiger charge is -2.21. The number of nitrogens with two attached hydrogens (primary N) is 1. The van der Waals surface area contributed by atoms with E-state index in [4.69, 9.17) is 15.2 Å². The number of hydrogen-bond acceptors (Lipinski definition) is 4. The van der Waals surface area contributed by atoms with E-state index in [1.54, 1.807) is 26.2 Å². The molecule has 0 saturated heterocycles. The van der Waals surface area contributed by atoms with Crippen LogP contribution in [0.2, 0.25) is 0 Å². The molecule has 0 spiro atoms. The minimum absolute atomic E-state index is 0.0581. The molecule has 0 heterocycles. The van der Waals surface area contributed by atoms with Gasteiger partial charge in [0.25, 0.3) is 0 Å². The Balaban J connectivity index is 2.79. The number of likely N-dealkylation sites (N-methyl/N-ethyl adjacent to an activating group) is 1. The minimum Gasteiger partial charge on any atom is -0.493 e. The van der Waals surface area contributed by atoms with Crippen LogP contribution in [0.3, 0.4) is 0 Å². The van der Waals surface area contributed by atoms with Gasteiger partial charge >= 0.3 is 0 Å². The summed E-state index contributed by atoms with van der Waals surface area (Å²) in [6.07, 6.45) is 0.634. The SMILES string of the molecule is CC[C@H](N)C(=O)N(C)Cc1ccc(OC)c(OC)c1. The molecule has 1 aromatic rings. The van der Waals surface area contributed by atoms with Gasteiger partial charge in [-0.1, -0.05) is 13.0 Å². The number of amides is 1. The predicted octanol–water partition coefficient (Wildman–Crippen LogP) is 1.40. The van der Waals surface area contributed by atoms with Gasteiger partial charge in [-0.25, -0.2) is 0 Å². The van der Waals surface area contributed by atoms with Crippen molar-refractivity contribution in [2.75, 3.05) is 21.3 Å². The normalized spacial score (nSPS) is 11.8. The van der Waals surface area contributed by atoms with E-state index in [-0.39, 0.29) is 5.91 Å². The zero-order chi connectivity index (χ0) is 14.4. The van der Waals surface area contributed by atoms with Crippen LogP contribution < -0.4 is 15.2 Å². The number of nitrogens with zero attached hydrogens (tertiary/aromatic N) is 1. The first-order valence-corrected chi connectivity index (χ1v) is 6.24. The number of benzene rings is 1. The lowest BCUT2D eigenvalue weighted by Crippen LogP contribution is -2.40.